The fourth-order valence-electron chi connectivity index (χ4n) is 1.68. The van der Waals surface area contributed by atoms with E-state index in [4.69, 9.17) is 13.4 Å². The van der Waals surface area contributed by atoms with Crippen LogP contribution in [-0.2, 0) is 10.1 Å². The largest absolute Gasteiger partial charge is 0.493 e. The predicted octanol–water partition coefficient (Wildman–Crippen LogP) is 2.07. The highest BCUT2D eigenvalue weighted by Gasteiger charge is 2.27. The van der Waals surface area contributed by atoms with Crippen molar-refractivity contribution in [1.29, 1.82) is 0 Å². The van der Waals surface area contributed by atoms with Crippen LogP contribution in [0, 0.1) is 13.8 Å². The van der Waals surface area contributed by atoms with Crippen molar-refractivity contribution in [2.24, 2.45) is 0 Å². The summed E-state index contributed by atoms with van der Waals surface area (Å²) in [5, 5.41) is 3.60. The lowest BCUT2D eigenvalue weighted by molar-refractivity contribution is 0.385. The van der Waals surface area contributed by atoms with E-state index >= 15 is 0 Å². The van der Waals surface area contributed by atoms with Crippen LogP contribution in [0.4, 0.5) is 0 Å². The van der Waals surface area contributed by atoms with Crippen molar-refractivity contribution in [2.75, 3.05) is 7.11 Å². The second kappa shape index (κ2) is 4.93. The Morgan fingerprint density at radius 2 is 1.79 bits per heavy atom. The van der Waals surface area contributed by atoms with E-state index in [1.807, 2.05) is 0 Å². The minimum atomic E-state index is -4.00. The van der Waals surface area contributed by atoms with Crippen molar-refractivity contribution in [3.8, 4) is 11.5 Å². The molecule has 0 spiro atoms. The van der Waals surface area contributed by atoms with Crippen molar-refractivity contribution in [3.05, 3.63) is 35.7 Å². The second-order valence-electron chi connectivity index (χ2n) is 3.84. The summed E-state index contributed by atoms with van der Waals surface area (Å²) in [6.07, 6.45) is 0. The van der Waals surface area contributed by atoms with Crippen LogP contribution in [0.3, 0.4) is 0 Å². The molecule has 0 saturated carbocycles. The van der Waals surface area contributed by atoms with Gasteiger partial charge in [0, 0.05) is 0 Å². The first-order valence-electron chi connectivity index (χ1n) is 5.46. The number of benzene rings is 1. The van der Waals surface area contributed by atoms with Crippen molar-refractivity contribution in [3.63, 3.8) is 0 Å². The smallest absolute Gasteiger partial charge is 0.344 e. The van der Waals surface area contributed by atoms with E-state index in [1.165, 1.54) is 27.0 Å². The van der Waals surface area contributed by atoms with E-state index in [0.717, 1.165) is 0 Å². The molecule has 0 aliphatic rings. The third-order valence-electron chi connectivity index (χ3n) is 2.49. The number of para-hydroxylation sites is 2. The first-order chi connectivity index (χ1) is 8.95. The molecular formula is C12H13NO5S. The molecule has 0 saturated heterocycles. The summed E-state index contributed by atoms with van der Waals surface area (Å²) in [5.41, 5.74) is 0.257. The quantitative estimate of drug-likeness (QED) is 0.799. The van der Waals surface area contributed by atoms with Crippen molar-refractivity contribution in [1.82, 2.24) is 5.16 Å². The number of nitrogens with zero attached hydrogens (tertiary/aromatic N) is 1. The Balaban J connectivity index is 2.43. The summed E-state index contributed by atoms with van der Waals surface area (Å²) in [6.45, 7) is 3.05. The second-order valence-corrected chi connectivity index (χ2v) is 5.32. The van der Waals surface area contributed by atoms with Crippen molar-refractivity contribution < 1.29 is 21.9 Å². The summed E-state index contributed by atoms with van der Waals surface area (Å²) in [5.74, 6) is 0.634. The average Bonchev–Trinajstić information content (AvgIpc) is 2.70. The number of hydrogen-bond donors (Lipinski definition) is 0. The predicted molar refractivity (Wildman–Crippen MR) is 66.8 cm³/mol. The summed E-state index contributed by atoms with van der Waals surface area (Å²) in [6, 6.07) is 6.49. The Morgan fingerprint density at radius 3 is 2.32 bits per heavy atom. The van der Waals surface area contributed by atoms with Gasteiger partial charge in [-0.05, 0) is 26.0 Å². The molecule has 2 rings (SSSR count). The molecule has 0 amide bonds. The van der Waals surface area contributed by atoms with Crippen molar-refractivity contribution >= 4 is 10.1 Å². The number of aryl methyl sites for hydroxylation is 2. The molecule has 1 heterocycles. The molecule has 7 heteroatoms. The van der Waals surface area contributed by atoms with E-state index in [9.17, 15) is 8.42 Å². The topological polar surface area (TPSA) is 78.6 Å². The molecule has 0 aliphatic heterocycles. The summed E-state index contributed by atoms with van der Waals surface area (Å²) >= 11 is 0. The Hall–Kier alpha value is -2.02. The highest BCUT2D eigenvalue weighted by molar-refractivity contribution is 7.87. The zero-order valence-corrected chi connectivity index (χ0v) is 11.5. The summed E-state index contributed by atoms with van der Waals surface area (Å²) < 4.78 is 39.3. The van der Waals surface area contributed by atoms with E-state index in [1.54, 1.807) is 18.2 Å². The highest BCUT2D eigenvalue weighted by Crippen LogP contribution is 2.30. The van der Waals surface area contributed by atoms with Gasteiger partial charge in [-0.3, -0.25) is 0 Å². The van der Waals surface area contributed by atoms with Crippen LogP contribution < -0.4 is 8.92 Å². The van der Waals surface area contributed by atoms with Crippen LogP contribution in [-0.4, -0.2) is 20.7 Å². The number of rotatable bonds is 4. The molecule has 0 aliphatic carbocycles. The first-order valence-corrected chi connectivity index (χ1v) is 6.87. The van der Waals surface area contributed by atoms with Gasteiger partial charge in [-0.15, -0.1) is 0 Å². The molecule has 1 aromatic carbocycles. The fraction of sp³-hybridized carbons (Fsp3) is 0.250. The van der Waals surface area contributed by atoms with Gasteiger partial charge in [0.1, 0.15) is 5.69 Å². The van der Waals surface area contributed by atoms with Gasteiger partial charge >= 0.3 is 10.1 Å². The summed E-state index contributed by atoms with van der Waals surface area (Å²) in [4.78, 5) is -0.0570. The number of aromatic nitrogens is 1. The maximum atomic E-state index is 12.2. The lowest BCUT2D eigenvalue weighted by Crippen LogP contribution is -2.12. The van der Waals surface area contributed by atoms with Gasteiger partial charge in [-0.25, -0.2) is 0 Å². The van der Waals surface area contributed by atoms with Crippen LogP contribution in [0.5, 0.6) is 11.5 Å². The molecule has 0 radical (unpaired) electrons. The molecule has 0 fully saturated rings. The number of methoxy groups -OCH3 is 1. The molecule has 2 aromatic rings. The van der Waals surface area contributed by atoms with Crippen LogP contribution in [0.1, 0.15) is 11.5 Å². The Labute approximate surface area is 111 Å². The van der Waals surface area contributed by atoms with Gasteiger partial charge in [0.15, 0.2) is 22.2 Å². The molecule has 6 nitrogen and oxygen atoms in total. The molecule has 102 valence electrons. The molecule has 1 aromatic heterocycles. The zero-order chi connectivity index (χ0) is 14.0. The van der Waals surface area contributed by atoms with Crippen LogP contribution >= 0.6 is 0 Å². The van der Waals surface area contributed by atoms with Gasteiger partial charge in [-0.1, -0.05) is 17.3 Å². The Kier molecular flexibility index (Phi) is 3.48. The van der Waals surface area contributed by atoms with E-state index in [0.29, 0.717) is 5.75 Å². The van der Waals surface area contributed by atoms with Gasteiger partial charge < -0.3 is 13.4 Å². The number of hydrogen-bond acceptors (Lipinski definition) is 6. The fourth-order valence-corrected chi connectivity index (χ4v) is 2.92. The monoisotopic (exact) mass is 283 g/mol. The molecular weight excluding hydrogens is 270 g/mol. The molecule has 19 heavy (non-hydrogen) atoms. The standard InChI is InChI=1S/C12H13NO5S/c1-8-12(9(2)17-13-8)19(14,15)18-11-7-5-4-6-10(11)16-3/h4-7H,1-3H3. The maximum Gasteiger partial charge on any atom is 0.344 e. The first kappa shape index (κ1) is 13.4. The molecule has 0 N–H and O–H groups in total. The molecule has 0 unspecified atom stereocenters. The Bertz CT molecular complexity index is 670. The lowest BCUT2D eigenvalue weighted by Gasteiger charge is -2.09. The van der Waals surface area contributed by atoms with Crippen LogP contribution in [0.25, 0.3) is 0 Å². The summed E-state index contributed by atoms with van der Waals surface area (Å²) in [7, 11) is -2.56. The van der Waals surface area contributed by atoms with E-state index < -0.39 is 10.1 Å². The lowest BCUT2D eigenvalue weighted by atomic mass is 10.3. The maximum absolute atomic E-state index is 12.2. The molecule has 0 bridgehead atoms. The number of ether oxygens (including phenoxy) is 1. The van der Waals surface area contributed by atoms with Crippen LogP contribution in [0.2, 0.25) is 0 Å². The molecule has 0 atom stereocenters. The normalized spacial score (nSPS) is 11.3. The van der Waals surface area contributed by atoms with E-state index in [2.05, 4.69) is 5.16 Å². The average molecular weight is 283 g/mol. The van der Waals surface area contributed by atoms with Gasteiger partial charge in [0.05, 0.1) is 7.11 Å². The highest BCUT2D eigenvalue weighted by atomic mass is 32.2. The SMILES string of the molecule is COc1ccccc1OS(=O)(=O)c1c(C)noc1C. The van der Waals surface area contributed by atoms with Gasteiger partial charge in [0.25, 0.3) is 0 Å². The van der Waals surface area contributed by atoms with Crippen LogP contribution in [0.15, 0.2) is 33.7 Å². The van der Waals surface area contributed by atoms with E-state index in [-0.39, 0.29) is 22.1 Å². The minimum Gasteiger partial charge on any atom is -0.493 e. The third kappa shape index (κ3) is 2.55. The zero-order valence-electron chi connectivity index (χ0n) is 10.7. The minimum absolute atomic E-state index is 0.0570. The van der Waals surface area contributed by atoms with Crippen molar-refractivity contribution in [2.45, 2.75) is 18.7 Å². The Morgan fingerprint density at radius 1 is 1.16 bits per heavy atom. The van der Waals surface area contributed by atoms with Gasteiger partial charge in [-0.2, -0.15) is 8.42 Å². The third-order valence-corrected chi connectivity index (χ3v) is 3.97. The van der Waals surface area contributed by atoms with Gasteiger partial charge in [0.2, 0.25) is 0 Å².